The van der Waals surface area contributed by atoms with Gasteiger partial charge in [0.05, 0.1) is 0 Å². The molecule has 0 atom stereocenters. The van der Waals surface area contributed by atoms with Gasteiger partial charge in [-0.1, -0.05) is 0 Å². The normalized spacial score (nSPS) is 9.86. The van der Waals surface area contributed by atoms with Crippen LogP contribution in [0.2, 0.25) is 0 Å². The van der Waals surface area contributed by atoms with Gasteiger partial charge in [-0.2, -0.15) is 0 Å². The number of anilines is 1. The number of amides is 1. The highest BCUT2D eigenvalue weighted by molar-refractivity contribution is 6.29. The zero-order valence-electron chi connectivity index (χ0n) is 7.31. The van der Waals surface area contributed by atoms with Gasteiger partial charge < -0.3 is 10.3 Å². The third kappa shape index (κ3) is 2.23. The Hall–Kier alpha value is -1.56. The second-order valence-corrected chi connectivity index (χ2v) is 2.86. The molecular weight excluding hydrogens is 210 g/mol. The Morgan fingerprint density at radius 1 is 1.43 bits per heavy atom. The summed E-state index contributed by atoms with van der Waals surface area (Å²) in [7, 11) is 0. The van der Waals surface area contributed by atoms with E-state index in [0.29, 0.717) is 0 Å². The van der Waals surface area contributed by atoms with Crippen LogP contribution in [0.3, 0.4) is 0 Å². The smallest absolute Gasteiger partial charge is 0.319 e. The number of H-pyrrole nitrogens is 2. The van der Waals surface area contributed by atoms with Crippen LogP contribution in [0.25, 0.3) is 0 Å². The molecule has 3 N–H and O–H groups in total. The quantitative estimate of drug-likeness (QED) is 0.586. The molecule has 0 saturated carbocycles. The van der Waals surface area contributed by atoms with Gasteiger partial charge in [0.1, 0.15) is 11.6 Å². The molecule has 14 heavy (non-hydrogen) atoms. The minimum Gasteiger partial charge on any atom is -0.319 e. The molecule has 0 bridgehead atoms. The first-order valence-electron chi connectivity index (χ1n) is 3.73. The van der Waals surface area contributed by atoms with Crippen LogP contribution >= 0.6 is 11.6 Å². The number of aromatic amines is 2. The van der Waals surface area contributed by atoms with Gasteiger partial charge in [-0.25, -0.2) is 4.79 Å². The number of carbonyl (C=O) groups excluding carboxylic acids is 1. The van der Waals surface area contributed by atoms with Crippen LogP contribution < -0.4 is 16.6 Å². The Morgan fingerprint density at radius 2 is 2.07 bits per heavy atom. The summed E-state index contributed by atoms with van der Waals surface area (Å²) in [5.74, 6) is -0.759. The molecule has 0 fully saturated rings. The SMILES string of the molecule is Cc1[nH]c(=O)[nH]c(=O)c1NC(=O)CCl. The molecule has 1 rings (SSSR count). The van der Waals surface area contributed by atoms with Gasteiger partial charge >= 0.3 is 5.69 Å². The number of hydrogen-bond donors (Lipinski definition) is 3. The van der Waals surface area contributed by atoms with Gasteiger partial charge in [-0.15, -0.1) is 11.6 Å². The number of hydrogen-bond acceptors (Lipinski definition) is 3. The molecule has 0 aliphatic rings. The first kappa shape index (κ1) is 10.5. The molecule has 1 aromatic rings. The van der Waals surface area contributed by atoms with Crippen LogP contribution in [0.1, 0.15) is 5.69 Å². The lowest BCUT2D eigenvalue weighted by molar-refractivity contribution is -0.113. The standard InChI is InChI=1S/C7H8ClN3O3/c1-3-5(10-4(12)2-8)6(13)11-7(14)9-3/h2H2,1H3,(H,10,12)(H2,9,11,13,14). The van der Waals surface area contributed by atoms with Gasteiger partial charge in [0.25, 0.3) is 5.56 Å². The molecule has 1 amide bonds. The van der Waals surface area contributed by atoms with Crippen LogP contribution in [0, 0.1) is 6.92 Å². The summed E-state index contributed by atoms with van der Waals surface area (Å²) in [5.41, 5.74) is -0.964. The second-order valence-electron chi connectivity index (χ2n) is 2.59. The summed E-state index contributed by atoms with van der Waals surface area (Å²) in [4.78, 5) is 37.2. The fourth-order valence-corrected chi connectivity index (χ4v) is 0.990. The number of nitrogens with one attached hydrogen (secondary N) is 3. The van der Waals surface area contributed by atoms with Gasteiger partial charge in [0.2, 0.25) is 5.91 Å². The van der Waals surface area contributed by atoms with Crippen LogP contribution in [0.4, 0.5) is 5.69 Å². The summed E-state index contributed by atoms with van der Waals surface area (Å²) in [5, 5.41) is 2.27. The van der Waals surface area contributed by atoms with E-state index in [2.05, 4.69) is 10.3 Å². The molecule has 76 valence electrons. The lowest BCUT2D eigenvalue weighted by Crippen LogP contribution is -2.29. The molecule has 6 nitrogen and oxygen atoms in total. The summed E-state index contributed by atoms with van der Waals surface area (Å²) < 4.78 is 0. The summed E-state index contributed by atoms with van der Waals surface area (Å²) >= 11 is 5.24. The maximum Gasteiger partial charge on any atom is 0.326 e. The van der Waals surface area contributed by atoms with Gasteiger partial charge in [0, 0.05) is 5.69 Å². The predicted octanol–water partition coefficient (Wildman–Crippen LogP) is -0.451. The van der Waals surface area contributed by atoms with E-state index >= 15 is 0 Å². The largest absolute Gasteiger partial charge is 0.326 e. The molecule has 0 spiro atoms. The molecule has 1 heterocycles. The molecule has 0 radical (unpaired) electrons. The lowest BCUT2D eigenvalue weighted by Gasteiger charge is -2.03. The maximum absolute atomic E-state index is 11.2. The first-order chi connectivity index (χ1) is 6.54. The Kier molecular flexibility index (Phi) is 3.08. The van der Waals surface area contributed by atoms with Crippen molar-refractivity contribution in [1.82, 2.24) is 9.97 Å². The Morgan fingerprint density at radius 3 is 2.57 bits per heavy atom. The van der Waals surface area contributed by atoms with Crippen molar-refractivity contribution in [3.63, 3.8) is 0 Å². The highest BCUT2D eigenvalue weighted by atomic mass is 35.5. The molecule has 0 aliphatic heterocycles. The van der Waals surface area contributed by atoms with Crippen molar-refractivity contribution in [2.24, 2.45) is 0 Å². The van der Waals surface area contributed by atoms with Crippen molar-refractivity contribution in [2.45, 2.75) is 6.92 Å². The van der Waals surface area contributed by atoms with E-state index in [1.165, 1.54) is 6.92 Å². The highest BCUT2D eigenvalue weighted by Crippen LogP contribution is 2.01. The predicted molar refractivity (Wildman–Crippen MR) is 51.8 cm³/mol. The molecular formula is C7H8ClN3O3. The van der Waals surface area contributed by atoms with Crippen molar-refractivity contribution >= 4 is 23.2 Å². The first-order valence-corrected chi connectivity index (χ1v) is 4.27. The lowest BCUT2D eigenvalue weighted by atomic mass is 10.3. The van der Waals surface area contributed by atoms with E-state index < -0.39 is 17.2 Å². The van der Waals surface area contributed by atoms with Crippen LogP contribution in [-0.2, 0) is 4.79 Å². The number of halogens is 1. The highest BCUT2D eigenvalue weighted by Gasteiger charge is 2.08. The van der Waals surface area contributed by atoms with Crippen LogP contribution in [0.5, 0.6) is 0 Å². The van der Waals surface area contributed by atoms with Gasteiger partial charge in [-0.3, -0.25) is 14.6 Å². The van der Waals surface area contributed by atoms with Crippen molar-refractivity contribution in [3.05, 3.63) is 26.5 Å². The second kappa shape index (κ2) is 4.10. The maximum atomic E-state index is 11.2. The van der Waals surface area contributed by atoms with Crippen molar-refractivity contribution < 1.29 is 4.79 Å². The van der Waals surface area contributed by atoms with E-state index in [1.54, 1.807) is 0 Å². The Balaban J connectivity index is 3.16. The molecule has 0 aromatic carbocycles. The van der Waals surface area contributed by atoms with E-state index in [-0.39, 0.29) is 17.3 Å². The number of rotatable bonds is 2. The van der Waals surface area contributed by atoms with E-state index in [4.69, 9.17) is 11.6 Å². The van der Waals surface area contributed by atoms with E-state index in [1.807, 2.05) is 4.98 Å². The average Bonchev–Trinajstić information content (AvgIpc) is 2.10. The average molecular weight is 218 g/mol. The minimum atomic E-state index is -0.648. The number of aryl methyl sites for hydroxylation is 1. The molecule has 1 aromatic heterocycles. The van der Waals surface area contributed by atoms with Crippen molar-refractivity contribution in [2.75, 3.05) is 11.2 Å². The topological polar surface area (TPSA) is 94.8 Å². The number of carbonyl (C=O) groups is 1. The number of aromatic nitrogens is 2. The van der Waals surface area contributed by atoms with Gasteiger partial charge in [-0.05, 0) is 6.92 Å². The monoisotopic (exact) mass is 217 g/mol. The molecule has 0 aliphatic carbocycles. The third-order valence-electron chi connectivity index (χ3n) is 1.52. The fourth-order valence-electron chi connectivity index (χ4n) is 0.923. The summed E-state index contributed by atoms with van der Waals surface area (Å²) in [6.07, 6.45) is 0. The zero-order chi connectivity index (χ0) is 10.7. The zero-order valence-corrected chi connectivity index (χ0v) is 8.07. The third-order valence-corrected chi connectivity index (χ3v) is 1.76. The summed E-state index contributed by atoms with van der Waals surface area (Å²) in [6, 6.07) is 0. The molecule has 7 heteroatoms. The minimum absolute atomic E-state index is 0.00949. The van der Waals surface area contributed by atoms with Crippen LogP contribution in [-0.4, -0.2) is 21.8 Å². The fraction of sp³-hybridized carbons (Fsp3) is 0.286. The van der Waals surface area contributed by atoms with E-state index in [0.717, 1.165) is 0 Å². The molecule has 0 unspecified atom stereocenters. The van der Waals surface area contributed by atoms with Crippen molar-refractivity contribution in [1.29, 1.82) is 0 Å². The Bertz CT molecular complexity index is 462. The van der Waals surface area contributed by atoms with Crippen LogP contribution in [0.15, 0.2) is 9.59 Å². The molecule has 0 saturated heterocycles. The Labute approximate surface area is 83.3 Å². The number of alkyl halides is 1. The summed E-state index contributed by atoms with van der Waals surface area (Å²) in [6.45, 7) is 1.50. The van der Waals surface area contributed by atoms with Gasteiger partial charge in [0.15, 0.2) is 0 Å². The van der Waals surface area contributed by atoms with Crippen molar-refractivity contribution in [3.8, 4) is 0 Å². The van der Waals surface area contributed by atoms with E-state index in [9.17, 15) is 14.4 Å².